The van der Waals surface area contributed by atoms with Gasteiger partial charge in [0.05, 0.1) is 24.4 Å². The van der Waals surface area contributed by atoms with Gasteiger partial charge in [0.15, 0.2) is 0 Å². The van der Waals surface area contributed by atoms with Crippen LogP contribution in [0, 0.1) is 11.8 Å². The van der Waals surface area contributed by atoms with Gasteiger partial charge in [-0.3, -0.25) is 28.8 Å². The van der Waals surface area contributed by atoms with Gasteiger partial charge in [0.1, 0.15) is 30.5 Å². The van der Waals surface area contributed by atoms with E-state index >= 15 is 0 Å². The standard InChI is InChI=1S/C27H38N6O7/c1-14(2)23-27(39)30-15(3)13-40-20-7-5-4-6-17(20)24(36)32-19(25(37)29-12-16-8-9-16)11-22(35)31-18(10-21(28)34)26(38)33-23/h4-7,14-16,18-19,23H,8-13H2,1-3H3,(H2,28,34)(H,29,37)(H,30,39)(H,31,35)(H,32,36)(H,33,38)/t15-,18-,19-,23+/m0/s1. The first-order valence-electron chi connectivity index (χ1n) is 13.4. The molecule has 13 nitrogen and oxygen atoms in total. The Morgan fingerprint density at radius 3 is 2.38 bits per heavy atom. The van der Waals surface area contributed by atoms with Crippen molar-refractivity contribution in [2.45, 2.75) is 70.6 Å². The monoisotopic (exact) mass is 558 g/mol. The molecule has 13 heteroatoms. The minimum atomic E-state index is -1.40. The Balaban J connectivity index is 1.93. The molecule has 1 saturated carbocycles. The van der Waals surface area contributed by atoms with Crippen LogP contribution in [0.3, 0.4) is 0 Å². The number of nitrogens with one attached hydrogen (secondary N) is 5. The van der Waals surface area contributed by atoms with Crippen molar-refractivity contribution in [2.24, 2.45) is 17.6 Å². The molecule has 1 aromatic rings. The molecular formula is C27H38N6O7. The number of hydrogen-bond acceptors (Lipinski definition) is 7. The van der Waals surface area contributed by atoms with E-state index in [0.29, 0.717) is 12.5 Å². The molecule has 0 saturated heterocycles. The van der Waals surface area contributed by atoms with Crippen molar-refractivity contribution in [2.75, 3.05) is 13.2 Å². The third-order valence-corrected chi connectivity index (χ3v) is 6.59. The van der Waals surface area contributed by atoms with Gasteiger partial charge in [-0.15, -0.1) is 0 Å². The van der Waals surface area contributed by atoms with Gasteiger partial charge in [-0.05, 0) is 43.7 Å². The van der Waals surface area contributed by atoms with Gasteiger partial charge in [0.25, 0.3) is 5.91 Å². The fourth-order valence-electron chi connectivity index (χ4n) is 4.14. The van der Waals surface area contributed by atoms with Gasteiger partial charge < -0.3 is 37.1 Å². The fourth-order valence-corrected chi connectivity index (χ4v) is 4.14. The van der Waals surface area contributed by atoms with E-state index in [4.69, 9.17) is 10.5 Å². The van der Waals surface area contributed by atoms with E-state index in [2.05, 4.69) is 26.6 Å². The molecule has 1 aliphatic heterocycles. The van der Waals surface area contributed by atoms with Crippen LogP contribution in [-0.2, 0) is 24.0 Å². The van der Waals surface area contributed by atoms with Gasteiger partial charge in [-0.25, -0.2) is 0 Å². The number of para-hydroxylation sites is 1. The summed E-state index contributed by atoms with van der Waals surface area (Å²) in [6.07, 6.45) is 0.921. The molecule has 1 aliphatic carbocycles. The van der Waals surface area contributed by atoms with E-state index in [0.717, 1.165) is 12.8 Å². The summed E-state index contributed by atoms with van der Waals surface area (Å²) in [6, 6.07) is 2.21. The van der Waals surface area contributed by atoms with Crippen LogP contribution in [0.4, 0.5) is 0 Å². The van der Waals surface area contributed by atoms with Crippen LogP contribution in [0.1, 0.15) is 56.8 Å². The maximum absolute atomic E-state index is 13.2. The molecule has 7 N–H and O–H groups in total. The number of primary amides is 1. The first kappa shape index (κ1) is 30.4. The zero-order chi connectivity index (χ0) is 29.4. The minimum Gasteiger partial charge on any atom is -0.491 e. The molecule has 0 spiro atoms. The van der Waals surface area contributed by atoms with Crippen LogP contribution in [0.15, 0.2) is 24.3 Å². The van der Waals surface area contributed by atoms with Crippen molar-refractivity contribution in [3.8, 4) is 5.75 Å². The number of rotatable bonds is 6. The summed E-state index contributed by atoms with van der Waals surface area (Å²) in [5, 5.41) is 13.1. The van der Waals surface area contributed by atoms with Crippen molar-refractivity contribution < 1.29 is 33.5 Å². The molecule has 6 amide bonds. The molecule has 218 valence electrons. The molecule has 1 fully saturated rings. The Bertz CT molecular complexity index is 1140. The van der Waals surface area contributed by atoms with Gasteiger partial charge in [-0.2, -0.15) is 0 Å². The third-order valence-electron chi connectivity index (χ3n) is 6.59. The van der Waals surface area contributed by atoms with E-state index in [1.165, 1.54) is 6.07 Å². The topological polar surface area (TPSA) is 198 Å². The van der Waals surface area contributed by atoms with E-state index in [-0.39, 0.29) is 23.8 Å². The normalized spacial score (nSPS) is 24.8. The summed E-state index contributed by atoms with van der Waals surface area (Å²) in [7, 11) is 0. The molecule has 0 radical (unpaired) electrons. The molecule has 0 bridgehead atoms. The number of carbonyl (C=O) groups is 6. The minimum absolute atomic E-state index is 0.00440. The Morgan fingerprint density at radius 2 is 1.73 bits per heavy atom. The molecule has 0 aromatic heterocycles. The number of hydrogen-bond donors (Lipinski definition) is 6. The second-order valence-corrected chi connectivity index (χ2v) is 10.7. The third kappa shape index (κ3) is 8.95. The highest BCUT2D eigenvalue weighted by Gasteiger charge is 2.33. The van der Waals surface area contributed by atoms with E-state index in [9.17, 15) is 28.8 Å². The predicted molar refractivity (Wildman–Crippen MR) is 144 cm³/mol. The van der Waals surface area contributed by atoms with Crippen molar-refractivity contribution in [3.63, 3.8) is 0 Å². The molecule has 2 aliphatic rings. The lowest BCUT2D eigenvalue weighted by Gasteiger charge is -2.26. The Morgan fingerprint density at radius 1 is 1.02 bits per heavy atom. The summed E-state index contributed by atoms with van der Waals surface area (Å²) < 4.78 is 5.83. The number of amides is 6. The van der Waals surface area contributed by atoms with Crippen LogP contribution in [0.2, 0.25) is 0 Å². The SMILES string of the molecule is CC(C)[C@H]1NC(=O)[C@H](CC(N)=O)NC(=O)C[C@@H](C(=O)NCC2CC2)NC(=O)c2ccccc2OC[C@H](C)NC1=O. The van der Waals surface area contributed by atoms with Gasteiger partial charge in [0.2, 0.25) is 29.5 Å². The number of fused-ring (bicyclic) bond motifs is 1. The number of ether oxygens (including phenoxy) is 1. The fraction of sp³-hybridized carbons (Fsp3) is 0.556. The maximum atomic E-state index is 13.2. The summed E-state index contributed by atoms with van der Waals surface area (Å²) in [4.78, 5) is 77.1. The lowest BCUT2D eigenvalue weighted by atomic mass is 10.0. The average Bonchev–Trinajstić information content (AvgIpc) is 3.72. The van der Waals surface area contributed by atoms with Crippen LogP contribution >= 0.6 is 0 Å². The highest BCUT2D eigenvalue weighted by Crippen LogP contribution is 2.27. The second kappa shape index (κ2) is 13.8. The van der Waals surface area contributed by atoms with Crippen molar-refractivity contribution in [3.05, 3.63) is 29.8 Å². The largest absolute Gasteiger partial charge is 0.491 e. The summed E-state index contributed by atoms with van der Waals surface area (Å²) in [6.45, 7) is 5.58. The van der Waals surface area contributed by atoms with E-state index in [1.54, 1.807) is 39.0 Å². The van der Waals surface area contributed by atoms with Crippen LogP contribution in [0.25, 0.3) is 0 Å². The highest BCUT2D eigenvalue weighted by molar-refractivity contribution is 6.01. The Labute approximate surface area is 232 Å². The number of nitrogens with two attached hydrogens (primary N) is 1. The van der Waals surface area contributed by atoms with Crippen LogP contribution in [0.5, 0.6) is 5.75 Å². The van der Waals surface area contributed by atoms with Gasteiger partial charge >= 0.3 is 0 Å². The number of carbonyl (C=O) groups excluding carboxylic acids is 6. The maximum Gasteiger partial charge on any atom is 0.255 e. The lowest BCUT2D eigenvalue weighted by Crippen LogP contribution is -2.58. The van der Waals surface area contributed by atoms with Gasteiger partial charge in [-0.1, -0.05) is 26.0 Å². The molecule has 4 atom stereocenters. The van der Waals surface area contributed by atoms with Crippen molar-refractivity contribution in [1.29, 1.82) is 0 Å². The predicted octanol–water partition coefficient (Wildman–Crippen LogP) is -0.901. The molecule has 40 heavy (non-hydrogen) atoms. The summed E-state index contributed by atoms with van der Waals surface area (Å²) >= 11 is 0. The van der Waals surface area contributed by atoms with Crippen LogP contribution in [-0.4, -0.2) is 72.8 Å². The lowest BCUT2D eigenvalue weighted by molar-refractivity contribution is -0.135. The molecular weight excluding hydrogens is 520 g/mol. The first-order valence-corrected chi connectivity index (χ1v) is 13.4. The van der Waals surface area contributed by atoms with Gasteiger partial charge in [0, 0.05) is 6.54 Å². The molecule has 1 aromatic carbocycles. The number of benzene rings is 1. The Hall–Kier alpha value is -4.16. The summed E-state index contributed by atoms with van der Waals surface area (Å²) in [5.41, 5.74) is 5.45. The Kier molecular flexibility index (Phi) is 10.5. The zero-order valence-corrected chi connectivity index (χ0v) is 23.0. The zero-order valence-electron chi connectivity index (χ0n) is 23.0. The second-order valence-electron chi connectivity index (χ2n) is 10.7. The smallest absolute Gasteiger partial charge is 0.255 e. The molecule has 0 unspecified atom stereocenters. The summed E-state index contributed by atoms with van der Waals surface area (Å²) in [5.74, 6) is -3.89. The highest BCUT2D eigenvalue weighted by atomic mass is 16.5. The van der Waals surface area contributed by atoms with Crippen molar-refractivity contribution in [1.82, 2.24) is 26.6 Å². The molecule has 1 heterocycles. The van der Waals surface area contributed by atoms with Crippen molar-refractivity contribution >= 4 is 35.4 Å². The van der Waals surface area contributed by atoms with E-state index < -0.39 is 72.5 Å². The average molecular weight is 559 g/mol. The quantitative estimate of drug-likeness (QED) is 0.260. The van der Waals surface area contributed by atoms with E-state index in [1.807, 2.05) is 0 Å². The first-order chi connectivity index (χ1) is 18.9. The van der Waals surface area contributed by atoms with Crippen LogP contribution < -0.4 is 37.1 Å². The molecule has 3 rings (SSSR count).